The number of benzene rings is 2. The van der Waals surface area contributed by atoms with Gasteiger partial charge in [-0.3, -0.25) is 9.69 Å². The van der Waals surface area contributed by atoms with Gasteiger partial charge in [0.25, 0.3) is 5.78 Å². The van der Waals surface area contributed by atoms with Gasteiger partial charge in [0.1, 0.15) is 28.7 Å². The molecule has 210 valence electrons. The van der Waals surface area contributed by atoms with E-state index < -0.39 is 18.1 Å². The number of hydrogen-bond acceptors (Lipinski definition) is 10. The molecule has 2 atom stereocenters. The van der Waals surface area contributed by atoms with Crippen LogP contribution in [0.5, 0.6) is 0 Å². The zero-order valence-corrected chi connectivity index (χ0v) is 24.1. The number of aromatic nitrogens is 4. The Balaban J connectivity index is 1.34. The Bertz CT molecular complexity index is 1590. The van der Waals surface area contributed by atoms with Crippen molar-refractivity contribution in [1.29, 1.82) is 0 Å². The van der Waals surface area contributed by atoms with Gasteiger partial charge < -0.3 is 15.2 Å². The van der Waals surface area contributed by atoms with Crippen molar-refractivity contribution in [2.24, 2.45) is 5.73 Å². The number of fused-ring (bicyclic) bond motifs is 2. The first kappa shape index (κ1) is 27.5. The van der Waals surface area contributed by atoms with Crippen molar-refractivity contribution in [1.82, 2.24) is 24.5 Å². The van der Waals surface area contributed by atoms with Crippen molar-refractivity contribution in [3.63, 3.8) is 0 Å². The Morgan fingerprint density at radius 2 is 1.80 bits per heavy atom. The number of carbonyl (C=O) groups is 2. The number of esters is 1. The summed E-state index contributed by atoms with van der Waals surface area (Å²) >= 11 is 3.05. The molecule has 4 aromatic rings. The average molecular weight is 589 g/mol. The molecule has 0 spiro atoms. The highest BCUT2D eigenvalue weighted by Gasteiger charge is 2.52. The summed E-state index contributed by atoms with van der Waals surface area (Å²) in [6.45, 7) is 2.16. The predicted molar refractivity (Wildman–Crippen MR) is 156 cm³/mol. The van der Waals surface area contributed by atoms with Crippen LogP contribution in [0.3, 0.4) is 0 Å². The molecular formula is C29H28N6O4S2. The predicted octanol–water partition coefficient (Wildman–Crippen LogP) is 3.50. The summed E-state index contributed by atoms with van der Waals surface area (Å²) in [7, 11) is 1.59. The number of amides is 1. The topological polar surface area (TPSA) is 125 Å². The highest BCUT2D eigenvalue weighted by molar-refractivity contribution is 8.01. The molecule has 12 heteroatoms. The third-order valence-electron chi connectivity index (χ3n) is 6.83. The summed E-state index contributed by atoms with van der Waals surface area (Å²) in [5.41, 5.74) is 9.64. The van der Waals surface area contributed by atoms with Crippen LogP contribution >= 0.6 is 23.5 Å². The third kappa shape index (κ3) is 5.35. The number of nitrogens with zero attached hydrogens (tertiary/aromatic N) is 5. The van der Waals surface area contributed by atoms with Crippen molar-refractivity contribution >= 4 is 41.2 Å². The molecule has 1 amide bonds. The lowest BCUT2D eigenvalue weighted by atomic mass is 10.0. The van der Waals surface area contributed by atoms with Crippen LogP contribution in [0.15, 0.2) is 83.0 Å². The van der Waals surface area contributed by atoms with Crippen LogP contribution in [-0.2, 0) is 25.7 Å². The number of rotatable bonds is 9. The van der Waals surface area contributed by atoms with Crippen molar-refractivity contribution in [2.45, 2.75) is 36.1 Å². The SMILES string of the molecule is COCc1nc2nc(C)cc(SCC3=C(C(=O)OC(c4ccccc4)c4ccccc4)N4C(=O)C(N)[C@H]4SC3)n2n1. The van der Waals surface area contributed by atoms with E-state index >= 15 is 0 Å². The molecule has 6 rings (SSSR count). The molecule has 0 radical (unpaired) electrons. The molecule has 1 unspecified atom stereocenters. The smallest absolute Gasteiger partial charge is 0.356 e. The molecule has 10 nitrogen and oxygen atoms in total. The maximum Gasteiger partial charge on any atom is 0.356 e. The Labute approximate surface area is 245 Å². The van der Waals surface area contributed by atoms with Gasteiger partial charge in [0.15, 0.2) is 11.9 Å². The van der Waals surface area contributed by atoms with E-state index in [9.17, 15) is 9.59 Å². The van der Waals surface area contributed by atoms with Gasteiger partial charge in [0.2, 0.25) is 5.91 Å². The number of ether oxygens (including phenoxy) is 2. The second-order valence-corrected chi connectivity index (χ2v) is 11.8. The van der Waals surface area contributed by atoms with E-state index in [0.717, 1.165) is 27.4 Å². The van der Waals surface area contributed by atoms with E-state index in [1.807, 2.05) is 73.7 Å². The fourth-order valence-electron chi connectivity index (χ4n) is 4.88. The summed E-state index contributed by atoms with van der Waals surface area (Å²) < 4.78 is 13.1. The number of nitrogens with two attached hydrogens (primary N) is 1. The second-order valence-electron chi connectivity index (χ2n) is 9.69. The summed E-state index contributed by atoms with van der Waals surface area (Å²) in [5, 5.41) is 5.05. The molecule has 2 aromatic carbocycles. The molecule has 1 fully saturated rings. The van der Waals surface area contributed by atoms with Gasteiger partial charge in [-0.25, -0.2) is 9.78 Å². The molecule has 2 aliphatic rings. The summed E-state index contributed by atoms with van der Waals surface area (Å²) in [5.74, 6) is 1.14. The average Bonchev–Trinajstić information content (AvgIpc) is 3.41. The molecule has 0 bridgehead atoms. The van der Waals surface area contributed by atoms with Gasteiger partial charge in [0.05, 0.1) is 0 Å². The van der Waals surface area contributed by atoms with Crippen molar-refractivity contribution < 1.29 is 19.1 Å². The highest BCUT2D eigenvalue weighted by Crippen LogP contribution is 2.42. The second kappa shape index (κ2) is 11.6. The minimum Gasteiger partial charge on any atom is -0.448 e. The Hall–Kier alpha value is -3.71. The lowest BCUT2D eigenvalue weighted by Gasteiger charge is -2.48. The number of aryl methyl sites for hydroxylation is 1. The maximum atomic E-state index is 14.0. The number of thioether (sulfide) groups is 2. The first-order valence-corrected chi connectivity index (χ1v) is 15.1. The first-order valence-electron chi connectivity index (χ1n) is 13.0. The van der Waals surface area contributed by atoms with Crippen LogP contribution in [0.2, 0.25) is 0 Å². The molecule has 0 saturated carbocycles. The summed E-state index contributed by atoms with van der Waals surface area (Å²) in [6.07, 6.45) is -0.638. The van der Waals surface area contributed by atoms with Crippen LogP contribution < -0.4 is 5.73 Å². The Morgan fingerprint density at radius 1 is 1.12 bits per heavy atom. The standard InChI is InChI=1S/C29H28N6O4S2/c1-17-13-22(35-29(31-17)32-21(33-35)14-38-2)40-15-20-16-41-27-23(30)26(36)34(27)24(20)28(37)39-25(18-9-5-3-6-10-18)19-11-7-4-8-12-19/h3-13,23,25,27H,14-16,30H2,1-2H3/t23?,27-/m1/s1. The molecule has 0 aliphatic carbocycles. The van der Waals surface area contributed by atoms with Gasteiger partial charge in [-0.1, -0.05) is 60.7 Å². The number of hydrogen-bond donors (Lipinski definition) is 1. The molecular weight excluding hydrogens is 560 g/mol. The van der Waals surface area contributed by atoms with Crippen LogP contribution in [0.25, 0.3) is 5.78 Å². The van der Waals surface area contributed by atoms with Crippen molar-refractivity contribution in [2.75, 3.05) is 18.6 Å². The normalized spacial score (nSPS) is 18.5. The largest absolute Gasteiger partial charge is 0.448 e. The third-order valence-corrected chi connectivity index (χ3v) is 9.27. The maximum absolute atomic E-state index is 14.0. The van der Waals surface area contributed by atoms with Crippen molar-refractivity contribution in [3.05, 3.63) is 101 Å². The summed E-state index contributed by atoms with van der Waals surface area (Å²) in [6, 6.07) is 20.4. The van der Waals surface area contributed by atoms with Gasteiger partial charge in [-0.05, 0) is 29.7 Å². The van der Waals surface area contributed by atoms with E-state index in [0.29, 0.717) is 23.1 Å². The highest BCUT2D eigenvalue weighted by atomic mass is 32.2. The molecule has 2 N–H and O–H groups in total. The number of methoxy groups -OCH3 is 1. The zero-order valence-electron chi connectivity index (χ0n) is 22.5. The Morgan fingerprint density at radius 3 is 2.46 bits per heavy atom. The lowest BCUT2D eigenvalue weighted by molar-refractivity contribution is -0.153. The minimum absolute atomic E-state index is 0.269. The van der Waals surface area contributed by atoms with E-state index in [-0.39, 0.29) is 23.6 Å². The molecule has 1 saturated heterocycles. The number of β-lactam (4-membered cyclic amide) rings is 1. The number of carbonyl (C=O) groups excluding carboxylic acids is 2. The van der Waals surface area contributed by atoms with Crippen LogP contribution in [0.1, 0.15) is 28.7 Å². The van der Waals surface area contributed by atoms with Gasteiger partial charge in [0, 0.05) is 24.3 Å². The van der Waals surface area contributed by atoms with Crippen LogP contribution in [0.4, 0.5) is 0 Å². The molecule has 2 aliphatic heterocycles. The van der Waals surface area contributed by atoms with Crippen LogP contribution in [0, 0.1) is 6.92 Å². The van der Waals surface area contributed by atoms with Gasteiger partial charge in [-0.15, -0.1) is 28.6 Å². The fraction of sp³-hybridized carbons (Fsp3) is 0.276. The molecule has 41 heavy (non-hydrogen) atoms. The van der Waals surface area contributed by atoms with E-state index in [1.54, 1.807) is 23.4 Å². The Kier molecular flexibility index (Phi) is 7.80. The fourth-order valence-corrected chi connectivity index (χ4v) is 7.36. The monoisotopic (exact) mass is 588 g/mol. The van der Waals surface area contributed by atoms with E-state index in [2.05, 4.69) is 15.1 Å². The minimum atomic E-state index is -0.645. The molecule has 4 heterocycles. The lowest BCUT2D eigenvalue weighted by Crippen LogP contribution is -2.68. The van der Waals surface area contributed by atoms with Gasteiger partial charge in [-0.2, -0.15) is 9.50 Å². The zero-order chi connectivity index (χ0) is 28.5. The first-order chi connectivity index (χ1) is 19.9. The van der Waals surface area contributed by atoms with Crippen LogP contribution in [-0.4, -0.2) is 66.4 Å². The van der Waals surface area contributed by atoms with Gasteiger partial charge >= 0.3 is 5.97 Å². The quantitative estimate of drug-likeness (QED) is 0.134. The van der Waals surface area contributed by atoms with E-state index in [4.69, 9.17) is 15.2 Å². The van der Waals surface area contributed by atoms with E-state index in [1.165, 1.54) is 16.7 Å². The molecule has 2 aromatic heterocycles. The summed E-state index contributed by atoms with van der Waals surface area (Å²) in [4.78, 5) is 37.3. The van der Waals surface area contributed by atoms with Crippen molar-refractivity contribution in [3.8, 4) is 0 Å².